The van der Waals surface area contributed by atoms with Crippen molar-refractivity contribution in [3.05, 3.63) is 130 Å². The van der Waals surface area contributed by atoms with Crippen molar-refractivity contribution in [3.8, 4) is 0 Å². The maximum atomic E-state index is 2.40. The molecule has 0 spiro atoms. The molecule has 0 aliphatic carbocycles. The number of unbranched alkanes of at least 4 members (excludes halogenated alkanes) is 3. The maximum absolute atomic E-state index is 2.40. The first-order chi connectivity index (χ1) is 23.0. The third-order valence-electron chi connectivity index (χ3n) is 9.81. The Labute approximate surface area is 283 Å². The van der Waals surface area contributed by atoms with Gasteiger partial charge in [0.15, 0.2) is 0 Å². The van der Waals surface area contributed by atoms with Crippen LogP contribution in [0.1, 0.15) is 53.5 Å². The van der Waals surface area contributed by atoms with E-state index in [0.29, 0.717) is 0 Å². The van der Waals surface area contributed by atoms with Crippen LogP contribution in [0.4, 0.5) is 0 Å². The fourth-order valence-corrected chi connectivity index (χ4v) is 9.27. The number of rotatable bonds is 7. The van der Waals surface area contributed by atoms with E-state index in [1.54, 1.807) is 0 Å². The van der Waals surface area contributed by atoms with E-state index in [9.17, 15) is 0 Å². The summed E-state index contributed by atoms with van der Waals surface area (Å²) in [6, 6.07) is 42.1. The van der Waals surface area contributed by atoms with Crippen LogP contribution in [-0.4, -0.2) is 0 Å². The van der Waals surface area contributed by atoms with E-state index in [2.05, 4.69) is 135 Å². The number of thiophene rings is 2. The van der Waals surface area contributed by atoms with Gasteiger partial charge in [-0.05, 0) is 180 Å². The van der Waals surface area contributed by atoms with Gasteiger partial charge in [-0.2, -0.15) is 0 Å². The number of benzene rings is 7. The topological polar surface area (TPSA) is 0 Å². The lowest BCUT2D eigenvalue weighted by Gasteiger charge is -2.08. The van der Waals surface area contributed by atoms with Crippen LogP contribution >= 0.6 is 22.7 Å². The van der Waals surface area contributed by atoms with Gasteiger partial charge in [-0.15, -0.1) is 22.7 Å². The van der Waals surface area contributed by atoms with Crippen LogP contribution in [0.25, 0.3) is 86.2 Å². The highest BCUT2D eigenvalue weighted by Gasteiger charge is 2.08. The van der Waals surface area contributed by atoms with Crippen molar-refractivity contribution < 1.29 is 0 Å². The molecule has 2 heterocycles. The van der Waals surface area contributed by atoms with Crippen LogP contribution in [0.3, 0.4) is 0 Å². The number of hydrogen-bond acceptors (Lipinski definition) is 2. The Hall–Kier alpha value is -4.50. The van der Waals surface area contributed by atoms with Crippen molar-refractivity contribution in [1.29, 1.82) is 0 Å². The first-order valence-corrected chi connectivity index (χ1v) is 18.6. The van der Waals surface area contributed by atoms with E-state index in [-0.39, 0.29) is 0 Å². The Morgan fingerprint density at radius 1 is 0.447 bits per heavy atom. The highest BCUT2D eigenvalue weighted by molar-refractivity contribution is 7.20. The molecular formula is C45H36S2. The second-order valence-corrected chi connectivity index (χ2v) is 15.7. The predicted molar refractivity (Wildman–Crippen MR) is 213 cm³/mol. The Kier molecular flexibility index (Phi) is 7.10. The molecule has 0 fully saturated rings. The molecule has 0 unspecified atom stereocenters. The molecule has 228 valence electrons. The van der Waals surface area contributed by atoms with Crippen molar-refractivity contribution in [2.75, 3.05) is 0 Å². The van der Waals surface area contributed by atoms with Gasteiger partial charge in [0.2, 0.25) is 0 Å². The lowest BCUT2D eigenvalue weighted by Crippen LogP contribution is -1.87. The molecule has 0 nitrogen and oxygen atoms in total. The van der Waals surface area contributed by atoms with Crippen LogP contribution in [0.15, 0.2) is 109 Å². The third-order valence-corrected chi connectivity index (χ3v) is 11.9. The summed E-state index contributed by atoms with van der Waals surface area (Å²) in [7, 11) is 0. The number of aryl methyl sites for hydroxylation is 2. The maximum Gasteiger partial charge on any atom is 0.0355 e. The smallest absolute Gasteiger partial charge is 0.0355 e. The summed E-state index contributed by atoms with van der Waals surface area (Å²) in [5.41, 5.74) is 2.69. The number of fused-ring (bicyclic) bond motifs is 7. The SMILES string of the molecule is CCCCCCc1ccc2cc3cc4cc(C=Cc5cc6cc7cc8cc9cc(C)sc9cc8cc7cc6s5)ccc4cc3cc2c1. The van der Waals surface area contributed by atoms with E-state index in [1.165, 1.54) is 127 Å². The Bertz CT molecular complexity index is 2590. The molecule has 0 atom stereocenters. The van der Waals surface area contributed by atoms with Crippen molar-refractivity contribution in [2.45, 2.75) is 46.0 Å². The molecule has 0 bridgehead atoms. The number of hydrogen-bond donors (Lipinski definition) is 0. The zero-order valence-electron chi connectivity index (χ0n) is 26.9. The Balaban J connectivity index is 1.00. The third kappa shape index (κ3) is 5.50. The van der Waals surface area contributed by atoms with Gasteiger partial charge >= 0.3 is 0 Å². The van der Waals surface area contributed by atoms with Gasteiger partial charge in [-0.1, -0.05) is 62.6 Å². The lowest BCUT2D eigenvalue weighted by atomic mass is 9.96. The molecule has 2 aromatic heterocycles. The summed E-state index contributed by atoms with van der Waals surface area (Å²) in [5, 5.41) is 15.8. The minimum atomic E-state index is 1.18. The van der Waals surface area contributed by atoms with E-state index in [4.69, 9.17) is 0 Å². The molecule has 0 radical (unpaired) electrons. The summed E-state index contributed by atoms with van der Waals surface area (Å²) in [4.78, 5) is 2.65. The molecule has 0 aliphatic rings. The Morgan fingerprint density at radius 3 is 1.70 bits per heavy atom. The molecule has 47 heavy (non-hydrogen) atoms. The van der Waals surface area contributed by atoms with Crippen molar-refractivity contribution in [2.24, 2.45) is 0 Å². The van der Waals surface area contributed by atoms with Crippen LogP contribution in [-0.2, 0) is 6.42 Å². The van der Waals surface area contributed by atoms with Gasteiger partial charge in [0.1, 0.15) is 0 Å². The van der Waals surface area contributed by atoms with E-state index >= 15 is 0 Å². The Morgan fingerprint density at radius 2 is 1.00 bits per heavy atom. The molecule has 9 rings (SSSR count). The van der Waals surface area contributed by atoms with Gasteiger partial charge in [-0.25, -0.2) is 0 Å². The first-order valence-electron chi connectivity index (χ1n) is 16.9. The molecule has 0 amide bonds. The van der Waals surface area contributed by atoms with Crippen molar-refractivity contribution in [3.63, 3.8) is 0 Å². The first kappa shape index (κ1) is 28.7. The van der Waals surface area contributed by atoms with E-state index in [0.717, 1.165) is 0 Å². The van der Waals surface area contributed by atoms with Gasteiger partial charge in [0, 0.05) is 19.2 Å². The van der Waals surface area contributed by atoms with Gasteiger partial charge in [0.25, 0.3) is 0 Å². The van der Waals surface area contributed by atoms with Crippen molar-refractivity contribution in [1.82, 2.24) is 0 Å². The fraction of sp³-hybridized carbons (Fsp3) is 0.156. The predicted octanol–water partition coefficient (Wildman–Crippen LogP) is 14.5. The van der Waals surface area contributed by atoms with Gasteiger partial charge in [-0.3, -0.25) is 0 Å². The van der Waals surface area contributed by atoms with Gasteiger partial charge < -0.3 is 0 Å². The summed E-state index contributed by atoms with van der Waals surface area (Å²) in [5.74, 6) is 0. The summed E-state index contributed by atoms with van der Waals surface area (Å²) in [6.45, 7) is 4.47. The van der Waals surface area contributed by atoms with Gasteiger partial charge in [0.05, 0.1) is 0 Å². The fourth-order valence-electron chi connectivity index (χ4n) is 7.32. The highest BCUT2D eigenvalue weighted by atomic mass is 32.1. The zero-order valence-corrected chi connectivity index (χ0v) is 28.5. The monoisotopic (exact) mass is 640 g/mol. The summed E-state index contributed by atoms with van der Waals surface area (Å²) < 4.78 is 2.71. The average molecular weight is 641 g/mol. The van der Waals surface area contributed by atoms with Crippen molar-refractivity contribution >= 4 is 109 Å². The highest BCUT2D eigenvalue weighted by Crippen LogP contribution is 2.36. The zero-order chi connectivity index (χ0) is 31.5. The minimum absolute atomic E-state index is 1.18. The quantitative estimate of drug-likeness (QED) is 0.120. The molecule has 7 aromatic carbocycles. The van der Waals surface area contributed by atoms with E-state index in [1.807, 2.05) is 22.7 Å². The van der Waals surface area contributed by atoms with Crippen LogP contribution in [0.2, 0.25) is 0 Å². The summed E-state index contributed by atoms with van der Waals surface area (Å²) >= 11 is 3.75. The van der Waals surface area contributed by atoms with Crippen LogP contribution in [0.5, 0.6) is 0 Å². The normalized spacial score (nSPS) is 12.4. The standard InChI is InChI=1S/C45H36S2/c1-3-4-5-6-7-29-8-11-31-17-36-20-34-16-30(9-12-32(34)18-35(36)19-33(31)15-29)10-13-43-25-42-24-38-21-37-23-41-14-28(2)46-44(41)26-39(37)22-40(38)27-45(42)47-43/h8-27H,3-7H2,1-2H3. The second-order valence-electron chi connectivity index (χ2n) is 13.3. The van der Waals surface area contributed by atoms with E-state index < -0.39 is 0 Å². The van der Waals surface area contributed by atoms with Crippen LogP contribution in [0, 0.1) is 6.92 Å². The average Bonchev–Trinajstić information content (AvgIpc) is 3.64. The van der Waals surface area contributed by atoms with Crippen LogP contribution < -0.4 is 0 Å². The second kappa shape index (κ2) is 11.6. The molecule has 0 saturated heterocycles. The molecular weight excluding hydrogens is 605 g/mol. The largest absolute Gasteiger partial charge is 0.141 e. The summed E-state index contributed by atoms with van der Waals surface area (Å²) in [6.07, 6.45) is 10.9. The minimum Gasteiger partial charge on any atom is -0.141 e. The lowest BCUT2D eigenvalue weighted by molar-refractivity contribution is 0.667. The molecule has 9 aromatic rings. The molecule has 0 saturated carbocycles. The molecule has 0 aliphatic heterocycles. The molecule has 2 heteroatoms. The molecule has 0 N–H and O–H groups in total.